The van der Waals surface area contributed by atoms with Crippen molar-refractivity contribution in [3.05, 3.63) is 65.7 Å². The summed E-state index contributed by atoms with van der Waals surface area (Å²) in [7, 11) is 0. The van der Waals surface area contributed by atoms with Gasteiger partial charge in [-0.2, -0.15) is 0 Å². The van der Waals surface area contributed by atoms with E-state index in [1.54, 1.807) is 0 Å². The zero-order chi connectivity index (χ0) is 16.4. The largest absolute Gasteiger partial charge is 0.378 e. The Hall–Kier alpha value is -2.29. The van der Waals surface area contributed by atoms with Crippen molar-refractivity contribution in [1.29, 1.82) is 0 Å². The molecule has 24 heavy (non-hydrogen) atoms. The van der Waals surface area contributed by atoms with E-state index in [1.807, 2.05) is 0 Å². The molecule has 2 atom stereocenters. The second kappa shape index (κ2) is 6.68. The molecule has 2 aliphatic rings. The molecule has 0 aromatic heterocycles. The average Bonchev–Trinajstić information content (AvgIpc) is 2.86. The van der Waals surface area contributed by atoms with Crippen LogP contribution in [-0.4, -0.2) is 17.4 Å². The fourth-order valence-electron chi connectivity index (χ4n) is 4.05. The van der Waals surface area contributed by atoms with Crippen LogP contribution < -0.4 is 5.32 Å². The molecule has 2 aromatic rings. The summed E-state index contributed by atoms with van der Waals surface area (Å²) in [4.78, 5) is 14.8. The standard InChI is InChI=1S/C21H24N2O/c24-21-13-5-2-8-14-23(21)20-15-19(16-9-3-1-4-10-16)22-18-12-7-6-11-17(18)20/h1,3-4,6-7,9-12,19-20,22H,2,5,8,13-15H2/t19-,20-/m0/s1. The zero-order valence-electron chi connectivity index (χ0n) is 13.9. The Labute approximate surface area is 143 Å². The summed E-state index contributed by atoms with van der Waals surface area (Å²) in [6.45, 7) is 0.888. The fraction of sp³-hybridized carbons (Fsp3) is 0.381. The molecule has 0 radical (unpaired) electrons. The molecule has 4 rings (SSSR count). The number of nitrogens with zero attached hydrogens (tertiary/aromatic N) is 1. The van der Waals surface area contributed by atoms with Gasteiger partial charge in [-0.15, -0.1) is 0 Å². The summed E-state index contributed by atoms with van der Waals surface area (Å²) in [6, 6.07) is 19.5. The molecule has 0 aliphatic carbocycles. The van der Waals surface area contributed by atoms with Crippen LogP contribution in [0.2, 0.25) is 0 Å². The van der Waals surface area contributed by atoms with E-state index in [-0.39, 0.29) is 12.1 Å². The first-order chi connectivity index (χ1) is 11.8. The van der Waals surface area contributed by atoms with Crippen molar-refractivity contribution in [3.8, 4) is 0 Å². The number of hydrogen-bond donors (Lipinski definition) is 1. The van der Waals surface area contributed by atoms with Crippen LogP contribution in [0.1, 0.15) is 55.3 Å². The monoisotopic (exact) mass is 320 g/mol. The van der Waals surface area contributed by atoms with Gasteiger partial charge in [0.05, 0.1) is 12.1 Å². The van der Waals surface area contributed by atoms with Gasteiger partial charge >= 0.3 is 0 Å². The van der Waals surface area contributed by atoms with E-state index in [0.29, 0.717) is 12.3 Å². The number of anilines is 1. The van der Waals surface area contributed by atoms with Gasteiger partial charge in [-0.05, 0) is 36.5 Å². The maximum Gasteiger partial charge on any atom is 0.223 e. The lowest BCUT2D eigenvalue weighted by atomic mass is 9.88. The van der Waals surface area contributed by atoms with Crippen molar-refractivity contribution in [2.24, 2.45) is 0 Å². The molecule has 0 bridgehead atoms. The highest BCUT2D eigenvalue weighted by atomic mass is 16.2. The van der Waals surface area contributed by atoms with Crippen molar-refractivity contribution in [3.63, 3.8) is 0 Å². The minimum Gasteiger partial charge on any atom is -0.378 e. The minimum absolute atomic E-state index is 0.179. The first-order valence-corrected chi connectivity index (χ1v) is 9.03. The van der Waals surface area contributed by atoms with Crippen LogP contribution in [-0.2, 0) is 4.79 Å². The molecule has 0 saturated carbocycles. The number of fused-ring (bicyclic) bond motifs is 1. The van der Waals surface area contributed by atoms with Gasteiger partial charge < -0.3 is 10.2 Å². The van der Waals surface area contributed by atoms with Gasteiger partial charge in [-0.3, -0.25) is 4.79 Å². The van der Waals surface area contributed by atoms with Gasteiger partial charge in [0, 0.05) is 18.7 Å². The second-order valence-corrected chi connectivity index (χ2v) is 6.84. The summed E-state index contributed by atoms with van der Waals surface area (Å²) in [5.74, 6) is 0.320. The normalized spacial score (nSPS) is 24.0. The predicted octanol–water partition coefficient (Wildman–Crippen LogP) is 4.69. The molecule has 3 heteroatoms. The number of likely N-dealkylation sites (tertiary alicyclic amines) is 1. The van der Waals surface area contributed by atoms with E-state index in [2.05, 4.69) is 64.8 Å². The number of rotatable bonds is 2. The topological polar surface area (TPSA) is 32.3 Å². The highest BCUT2D eigenvalue weighted by Crippen LogP contribution is 2.42. The van der Waals surface area contributed by atoms with E-state index >= 15 is 0 Å². The lowest BCUT2D eigenvalue weighted by Gasteiger charge is -2.39. The Morgan fingerprint density at radius 3 is 2.58 bits per heavy atom. The van der Waals surface area contributed by atoms with Crippen LogP contribution in [0.3, 0.4) is 0 Å². The number of hydrogen-bond acceptors (Lipinski definition) is 2. The van der Waals surface area contributed by atoms with E-state index < -0.39 is 0 Å². The van der Waals surface area contributed by atoms with Crippen LogP contribution in [0.4, 0.5) is 5.69 Å². The SMILES string of the molecule is O=C1CCCCCN1[C@H]1C[C@@H](c2ccccc2)Nc2ccccc21. The van der Waals surface area contributed by atoms with Crippen LogP contribution in [0.25, 0.3) is 0 Å². The van der Waals surface area contributed by atoms with Crippen molar-refractivity contribution in [2.75, 3.05) is 11.9 Å². The molecule has 3 nitrogen and oxygen atoms in total. The summed E-state index contributed by atoms with van der Waals surface area (Å²) >= 11 is 0. The number of para-hydroxylation sites is 1. The second-order valence-electron chi connectivity index (χ2n) is 6.84. The molecular weight excluding hydrogens is 296 g/mol. The van der Waals surface area contributed by atoms with Crippen molar-refractivity contribution in [1.82, 2.24) is 4.90 Å². The molecule has 2 heterocycles. The fourth-order valence-corrected chi connectivity index (χ4v) is 4.05. The van der Waals surface area contributed by atoms with Gasteiger partial charge in [0.2, 0.25) is 5.91 Å². The van der Waals surface area contributed by atoms with Crippen LogP contribution in [0, 0.1) is 0 Å². The molecule has 1 saturated heterocycles. The van der Waals surface area contributed by atoms with Crippen molar-refractivity contribution < 1.29 is 4.79 Å². The lowest BCUT2D eigenvalue weighted by Crippen LogP contribution is -2.38. The smallest absolute Gasteiger partial charge is 0.223 e. The number of nitrogens with one attached hydrogen (secondary N) is 1. The molecule has 2 aromatic carbocycles. The molecule has 1 amide bonds. The summed E-state index contributed by atoms with van der Waals surface area (Å²) in [6.07, 6.45) is 4.95. The van der Waals surface area contributed by atoms with Gasteiger partial charge in [0.25, 0.3) is 0 Å². The third kappa shape index (κ3) is 2.91. The summed E-state index contributed by atoms with van der Waals surface area (Å²) in [5, 5.41) is 3.67. The molecule has 124 valence electrons. The van der Waals surface area contributed by atoms with Crippen molar-refractivity contribution >= 4 is 11.6 Å². The Morgan fingerprint density at radius 1 is 0.917 bits per heavy atom. The van der Waals surface area contributed by atoms with Gasteiger partial charge in [-0.1, -0.05) is 55.0 Å². The predicted molar refractivity (Wildman–Crippen MR) is 96.8 cm³/mol. The average molecular weight is 320 g/mol. The maximum atomic E-state index is 12.7. The Balaban J connectivity index is 1.70. The molecule has 0 unspecified atom stereocenters. The minimum atomic E-state index is 0.179. The molecule has 2 aliphatic heterocycles. The first-order valence-electron chi connectivity index (χ1n) is 9.03. The number of carbonyl (C=O) groups is 1. The highest BCUT2D eigenvalue weighted by Gasteiger charge is 2.33. The maximum absolute atomic E-state index is 12.7. The Morgan fingerprint density at radius 2 is 1.71 bits per heavy atom. The van der Waals surface area contributed by atoms with Gasteiger partial charge in [-0.25, -0.2) is 0 Å². The molecular formula is C21H24N2O. The Kier molecular flexibility index (Phi) is 4.24. The lowest BCUT2D eigenvalue weighted by molar-refractivity contribution is -0.133. The third-order valence-corrected chi connectivity index (χ3v) is 5.30. The molecule has 1 fully saturated rings. The summed E-state index contributed by atoms with van der Waals surface area (Å²) < 4.78 is 0. The van der Waals surface area contributed by atoms with Gasteiger partial charge in [0.15, 0.2) is 0 Å². The molecule has 0 spiro atoms. The zero-order valence-corrected chi connectivity index (χ0v) is 13.9. The number of carbonyl (C=O) groups excluding carboxylic acids is 1. The van der Waals surface area contributed by atoms with Gasteiger partial charge in [0.1, 0.15) is 0 Å². The van der Waals surface area contributed by atoms with Crippen LogP contribution >= 0.6 is 0 Å². The number of amides is 1. The van der Waals surface area contributed by atoms with E-state index in [1.165, 1.54) is 16.8 Å². The Bertz CT molecular complexity index is 713. The van der Waals surface area contributed by atoms with E-state index in [0.717, 1.165) is 32.2 Å². The quantitative estimate of drug-likeness (QED) is 0.871. The third-order valence-electron chi connectivity index (χ3n) is 5.30. The summed E-state index contributed by atoms with van der Waals surface area (Å²) in [5.41, 5.74) is 3.72. The highest BCUT2D eigenvalue weighted by molar-refractivity contribution is 5.77. The first kappa shape index (κ1) is 15.3. The van der Waals surface area contributed by atoms with Crippen LogP contribution in [0.5, 0.6) is 0 Å². The van der Waals surface area contributed by atoms with Crippen molar-refractivity contribution in [2.45, 2.75) is 44.2 Å². The van der Waals surface area contributed by atoms with E-state index in [9.17, 15) is 4.79 Å². The van der Waals surface area contributed by atoms with Crippen LogP contribution in [0.15, 0.2) is 54.6 Å². The number of benzene rings is 2. The van der Waals surface area contributed by atoms with E-state index in [4.69, 9.17) is 0 Å². The molecule has 1 N–H and O–H groups in total.